The van der Waals surface area contributed by atoms with E-state index in [0.717, 1.165) is 0 Å². The molecule has 136 valence electrons. The molecule has 1 aliphatic heterocycles. The van der Waals surface area contributed by atoms with E-state index in [9.17, 15) is 8.42 Å². The molecule has 25 heavy (non-hydrogen) atoms. The third-order valence-electron chi connectivity index (χ3n) is 4.24. The highest BCUT2D eigenvalue weighted by Crippen LogP contribution is 2.27. The van der Waals surface area contributed by atoms with Gasteiger partial charge in [0.1, 0.15) is 11.0 Å². The van der Waals surface area contributed by atoms with Crippen LogP contribution < -0.4 is 9.47 Å². The first-order valence-electron chi connectivity index (χ1n) is 7.86. The second kappa shape index (κ2) is 6.60. The molecule has 0 aliphatic carbocycles. The van der Waals surface area contributed by atoms with Gasteiger partial charge >= 0.3 is 0 Å². The molecule has 1 fully saturated rings. The molecule has 0 bridgehead atoms. The first kappa shape index (κ1) is 17.6. The summed E-state index contributed by atoms with van der Waals surface area (Å²) in [6, 6.07) is 0. The third kappa shape index (κ3) is 3.31. The molecule has 3 heterocycles. The normalized spacial score (nSPS) is 18.5. The third-order valence-corrected chi connectivity index (χ3v) is 6.35. The highest BCUT2D eigenvalue weighted by molar-refractivity contribution is 7.89. The maximum absolute atomic E-state index is 13.0. The van der Waals surface area contributed by atoms with Gasteiger partial charge in [-0.15, -0.1) is 0 Å². The Bertz CT molecular complexity index is 880. The topological polar surface area (TPSA) is 99.4 Å². The first-order valence-corrected chi connectivity index (χ1v) is 9.30. The van der Waals surface area contributed by atoms with Gasteiger partial charge in [0.05, 0.1) is 37.4 Å². The second-order valence-electron chi connectivity index (χ2n) is 5.91. The molecule has 0 amide bonds. The molecule has 9 nitrogen and oxygen atoms in total. The van der Waals surface area contributed by atoms with Gasteiger partial charge in [-0.3, -0.25) is 9.67 Å². The van der Waals surface area contributed by atoms with Crippen LogP contribution in [-0.4, -0.2) is 58.8 Å². The molecule has 1 saturated heterocycles. The van der Waals surface area contributed by atoms with Crippen molar-refractivity contribution >= 4 is 10.0 Å². The van der Waals surface area contributed by atoms with Gasteiger partial charge in [-0.1, -0.05) is 0 Å². The Balaban J connectivity index is 1.75. The van der Waals surface area contributed by atoms with Gasteiger partial charge in [-0.05, 0) is 20.3 Å². The van der Waals surface area contributed by atoms with Crippen molar-refractivity contribution in [3.8, 4) is 11.8 Å². The van der Waals surface area contributed by atoms with Crippen molar-refractivity contribution < 1.29 is 17.9 Å². The predicted octanol–water partition coefficient (Wildman–Crippen LogP) is 0.678. The molecule has 2 aromatic heterocycles. The number of aromatic nitrogens is 4. The van der Waals surface area contributed by atoms with Crippen molar-refractivity contribution in [2.75, 3.05) is 20.2 Å². The molecule has 0 radical (unpaired) electrons. The molecule has 10 heteroatoms. The molecular formula is C15H21N5O4S. The standard InChI is InChI=1S/C15H21N5O4S/c1-10-15(11(2)19(3)18-10)25(21,22)20-6-5-12(9-20)24-14-8-16-7-13(17-14)23-4/h7-8,12H,5-6,9H2,1-4H3. The van der Waals surface area contributed by atoms with E-state index in [2.05, 4.69) is 15.1 Å². The van der Waals surface area contributed by atoms with E-state index in [1.54, 1.807) is 25.6 Å². The van der Waals surface area contributed by atoms with E-state index in [1.807, 2.05) is 0 Å². The molecule has 2 aromatic rings. The number of nitrogens with zero attached hydrogens (tertiary/aromatic N) is 5. The molecule has 1 unspecified atom stereocenters. The van der Waals surface area contributed by atoms with Crippen molar-refractivity contribution in [3.05, 3.63) is 23.8 Å². The van der Waals surface area contributed by atoms with Crippen molar-refractivity contribution in [2.24, 2.45) is 7.05 Å². The van der Waals surface area contributed by atoms with E-state index in [-0.39, 0.29) is 17.5 Å². The van der Waals surface area contributed by atoms with Gasteiger partial charge in [0.2, 0.25) is 21.8 Å². The van der Waals surface area contributed by atoms with Gasteiger partial charge in [0.15, 0.2) is 0 Å². The molecule has 0 aromatic carbocycles. The van der Waals surface area contributed by atoms with Crippen LogP contribution in [0.1, 0.15) is 17.8 Å². The summed E-state index contributed by atoms with van der Waals surface area (Å²) in [6.45, 7) is 4.10. The highest BCUT2D eigenvalue weighted by Gasteiger charge is 2.36. The average Bonchev–Trinajstić information content (AvgIpc) is 3.13. The lowest BCUT2D eigenvalue weighted by Crippen LogP contribution is -2.31. The van der Waals surface area contributed by atoms with Crippen LogP contribution in [0.4, 0.5) is 0 Å². The lowest BCUT2D eigenvalue weighted by Gasteiger charge is -2.17. The van der Waals surface area contributed by atoms with Gasteiger partial charge in [-0.2, -0.15) is 14.4 Å². The molecule has 0 N–H and O–H groups in total. The van der Waals surface area contributed by atoms with Crippen molar-refractivity contribution in [1.82, 2.24) is 24.1 Å². The van der Waals surface area contributed by atoms with Crippen LogP contribution in [0.2, 0.25) is 0 Å². The van der Waals surface area contributed by atoms with Gasteiger partial charge in [0, 0.05) is 13.6 Å². The Morgan fingerprint density at radius 3 is 2.60 bits per heavy atom. The number of hydrogen-bond acceptors (Lipinski definition) is 7. The lowest BCUT2D eigenvalue weighted by atomic mass is 10.3. The van der Waals surface area contributed by atoms with Gasteiger partial charge in [0.25, 0.3) is 0 Å². The SMILES string of the molecule is COc1cncc(OC2CCN(S(=O)(=O)c3c(C)nn(C)c3C)C2)n1. The summed E-state index contributed by atoms with van der Waals surface area (Å²) in [7, 11) is -0.377. The van der Waals surface area contributed by atoms with Crippen molar-refractivity contribution in [2.45, 2.75) is 31.3 Å². The Morgan fingerprint density at radius 1 is 1.24 bits per heavy atom. The number of ether oxygens (including phenoxy) is 2. The summed E-state index contributed by atoms with van der Waals surface area (Å²) in [5.41, 5.74) is 1.13. The minimum atomic E-state index is -3.61. The van der Waals surface area contributed by atoms with Crippen molar-refractivity contribution in [1.29, 1.82) is 0 Å². The largest absolute Gasteiger partial charge is 0.480 e. The monoisotopic (exact) mass is 367 g/mol. The Morgan fingerprint density at radius 2 is 1.96 bits per heavy atom. The summed E-state index contributed by atoms with van der Waals surface area (Å²) in [4.78, 5) is 8.40. The zero-order valence-corrected chi connectivity index (χ0v) is 15.4. The Kier molecular flexibility index (Phi) is 4.65. The Labute approximate surface area is 146 Å². The van der Waals surface area contributed by atoms with E-state index in [4.69, 9.17) is 9.47 Å². The molecule has 0 spiro atoms. The van der Waals surface area contributed by atoms with Crippen molar-refractivity contribution in [3.63, 3.8) is 0 Å². The quantitative estimate of drug-likeness (QED) is 0.766. The van der Waals surface area contributed by atoms with Crippen LogP contribution in [-0.2, 0) is 17.1 Å². The minimum Gasteiger partial charge on any atom is -0.480 e. The smallest absolute Gasteiger partial charge is 0.246 e. The first-order chi connectivity index (χ1) is 11.8. The van der Waals surface area contributed by atoms with E-state index >= 15 is 0 Å². The number of hydrogen-bond donors (Lipinski definition) is 0. The molecule has 1 atom stereocenters. The zero-order valence-electron chi connectivity index (χ0n) is 14.6. The fourth-order valence-electron chi connectivity index (χ4n) is 2.93. The molecule has 1 aliphatic rings. The van der Waals surface area contributed by atoms with Crippen LogP contribution in [0.15, 0.2) is 17.3 Å². The minimum absolute atomic E-state index is 0.259. The van der Waals surface area contributed by atoms with E-state index < -0.39 is 10.0 Å². The lowest BCUT2D eigenvalue weighted by molar-refractivity contribution is 0.203. The maximum Gasteiger partial charge on any atom is 0.246 e. The summed E-state index contributed by atoms with van der Waals surface area (Å²) < 4.78 is 39.7. The summed E-state index contributed by atoms with van der Waals surface area (Å²) in [5.74, 6) is 0.666. The van der Waals surface area contributed by atoms with Gasteiger partial charge < -0.3 is 9.47 Å². The van der Waals surface area contributed by atoms with Crippen LogP contribution >= 0.6 is 0 Å². The second-order valence-corrected chi connectivity index (χ2v) is 7.79. The number of aryl methyl sites for hydroxylation is 2. The predicted molar refractivity (Wildman–Crippen MR) is 89.1 cm³/mol. The number of rotatable bonds is 5. The highest BCUT2D eigenvalue weighted by atomic mass is 32.2. The summed E-state index contributed by atoms with van der Waals surface area (Å²) in [5, 5.41) is 4.20. The summed E-state index contributed by atoms with van der Waals surface area (Å²) in [6.07, 6.45) is 3.26. The van der Waals surface area contributed by atoms with Crippen LogP contribution in [0.3, 0.4) is 0 Å². The molecule has 0 saturated carbocycles. The zero-order chi connectivity index (χ0) is 18.2. The van der Waals surface area contributed by atoms with Crippen LogP contribution in [0.25, 0.3) is 0 Å². The number of methoxy groups -OCH3 is 1. The van der Waals surface area contributed by atoms with Crippen LogP contribution in [0.5, 0.6) is 11.8 Å². The van der Waals surface area contributed by atoms with Gasteiger partial charge in [-0.25, -0.2) is 8.42 Å². The van der Waals surface area contributed by atoms with Crippen LogP contribution in [0, 0.1) is 13.8 Å². The number of sulfonamides is 1. The maximum atomic E-state index is 13.0. The van der Waals surface area contributed by atoms with E-state index in [0.29, 0.717) is 36.1 Å². The average molecular weight is 367 g/mol. The molecular weight excluding hydrogens is 346 g/mol. The van der Waals surface area contributed by atoms with E-state index in [1.165, 1.54) is 23.8 Å². The fourth-order valence-corrected chi connectivity index (χ4v) is 4.81. The Hall–Kier alpha value is -2.20. The fraction of sp³-hybridized carbons (Fsp3) is 0.533. The molecule has 3 rings (SSSR count). The summed E-state index contributed by atoms with van der Waals surface area (Å²) >= 11 is 0.